The van der Waals surface area contributed by atoms with E-state index in [9.17, 15) is 19.2 Å². The number of aromatic amines is 1. The maximum Gasteiger partial charge on any atom is 0.328 e. The molecule has 148 valence electrons. The van der Waals surface area contributed by atoms with Gasteiger partial charge in [0.25, 0.3) is 5.56 Å². The molecule has 0 aliphatic carbocycles. The molecule has 8 heteroatoms. The van der Waals surface area contributed by atoms with Gasteiger partial charge in [0.2, 0.25) is 11.8 Å². The molecule has 1 aliphatic rings. The van der Waals surface area contributed by atoms with Gasteiger partial charge in [-0.3, -0.25) is 23.9 Å². The summed E-state index contributed by atoms with van der Waals surface area (Å²) in [4.78, 5) is 52.4. The zero-order valence-electron chi connectivity index (χ0n) is 15.7. The van der Waals surface area contributed by atoms with Crippen molar-refractivity contribution in [2.45, 2.75) is 25.8 Å². The average molecular weight is 392 g/mol. The Morgan fingerprint density at radius 2 is 1.90 bits per heavy atom. The Hall–Kier alpha value is -3.68. The summed E-state index contributed by atoms with van der Waals surface area (Å²) in [5, 5.41) is 3.20. The van der Waals surface area contributed by atoms with Crippen molar-refractivity contribution >= 4 is 34.1 Å². The van der Waals surface area contributed by atoms with Crippen molar-refractivity contribution in [2.24, 2.45) is 0 Å². The number of carbonyl (C=O) groups is 2. The van der Waals surface area contributed by atoms with Crippen LogP contribution in [-0.2, 0) is 16.1 Å². The van der Waals surface area contributed by atoms with Crippen LogP contribution in [-0.4, -0.2) is 27.9 Å². The number of carbonyl (C=O) groups excluding carboxylic acids is 2. The first-order valence-corrected chi connectivity index (χ1v) is 9.45. The molecule has 1 aromatic heterocycles. The van der Waals surface area contributed by atoms with Gasteiger partial charge in [-0.15, -0.1) is 0 Å². The molecule has 0 bridgehead atoms. The molecule has 2 amide bonds. The molecule has 29 heavy (non-hydrogen) atoms. The Labute approximate surface area is 165 Å². The van der Waals surface area contributed by atoms with Crippen LogP contribution in [0.1, 0.15) is 19.3 Å². The van der Waals surface area contributed by atoms with Crippen LogP contribution in [0, 0.1) is 0 Å². The average Bonchev–Trinajstić information content (AvgIpc) is 3.14. The third-order valence-electron chi connectivity index (χ3n) is 4.98. The first-order chi connectivity index (χ1) is 14.0. The standard InChI is InChI=1S/C21H20N4O4/c26-18(22-14-5-3-6-15(13-14)24-11-4-9-19(24)27)10-12-25-17-8-2-1-7-16(17)20(28)23-21(25)29/h1-3,5-8,13H,4,9-12H2,(H,22,26)(H,23,28,29). The van der Waals surface area contributed by atoms with Gasteiger partial charge in [-0.05, 0) is 36.8 Å². The van der Waals surface area contributed by atoms with Crippen LogP contribution >= 0.6 is 0 Å². The molecule has 1 aliphatic heterocycles. The van der Waals surface area contributed by atoms with E-state index >= 15 is 0 Å². The lowest BCUT2D eigenvalue weighted by atomic mass is 10.2. The summed E-state index contributed by atoms with van der Waals surface area (Å²) in [5.41, 5.74) is 0.846. The highest BCUT2D eigenvalue weighted by Crippen LogP contribution is 2.24. The van der Waals surface area contributed by atoms with Crippen LogP contribution in [0.5, 0.6) is 0 Å². The summed E-state index contributed by atoms with van der Waals surface area (Å²) in [6.07, 6.45) is 1.43. The number of para-hydroxylation sites is 1. The number of H-pyrrole nitrogens is 1. The van der Waals surface area contributed by atoms with Crippen molar-refractivity contribution in [3.05, 3.63) is 69.4 Å². The molecular weight excluding hydrogens is 372 g/mol. The molecular formula is C21H20N4O4. The van der Waals surface area contributed by atoms with Gasteiger partial charge in [-0.1, -0.05) is 18.2 Å². The van der Waals surface area contributed by atoms with Crippen LogP contribution in [0.2, 0.25) is 0 Å². The predicted octanol–water partition coefficient (Wildman–Crippen LogP) is 1.85. The lowest BCUT2D eigenvalue weighted by molar-refractivity contribution is -0.117. The summed E-state index contributed by atoms with van der Waals surface area (Å²) < 4.78 is 1.38. The molecule has 0 radical (unpaired) electrons. The minimum absolute atomic E-state index is 0.0584. The molecule has 1 saturated heterocycles. The number of nitrogens with zero attached hydrogens (tertiary/aromatic N) is 2. The maximum atomic E-state index is 12.4. The number of aromatic nitrogens is 2. The minimum Gasteiger partial charge on any atom is -0.326 e. The summed E-state index contributed by atoms with van der Waals surface area (Å²) in [7, 11) is 0. The van der Waals surface area contributed by atoms with Gasteiger partial charge in [0, 0.05) is 37.3 Å². The fraction of sp³-hybridized carbons (Fsp3) is 0.238. The van der Waals surface area contributed by atoms with Gasteiger partial charge in [0.15, 0.2) is 0 Å². The summed E-state index contributed by atoms with van der Waals surface area (Å²) >= 11 is 0. The zero-order valence-corrected chi connectivity index (χ0v) is 15.7. The highest BCUT2D eigenvalue weighted by Gasteiger charge is 2.21. The van der Waals surface area contributed by atoms with Gasteiger partial charge in [0.05, 0.1) is 10.9 Å². The van der Waals surface area contributed by atoms with Gasteiger partial charge in [-0.2, -0.15) is 0 Å². The van der Waals surface area contributed by atoms with Crippen molar-refractivity contribution in [3.8, 4) is 0 Å². The van der Waals surface area contributed by atoms with Crippen LogP contribution in [0.4, 0.5) is 11.4 Å². The predicted molar refractivity (Wildman–Crippen MR) is 110 cm³/mol. The Morgan fingerprint density at radius 1 is 1.07 bits per heavy atom. The van der Waals surface area contributed by atoms with Crippen LogP contribution in [0.3, 0.4) is 0 Å². The van der Waals surface area contributed by atoms with Crippen LogP contribution < -0.4 is 21.5 Å². The van der Waals surface area contributed by atoms with Crippen LogP contribution in [0.15, 0.2) is 58.1 Å². The maximum absolute atomic E-state index is 12.4. The quantitative estimate of drug-likeness (QED) is 0.691. The number of aryl methyl sites for hydroxylation is 1. The molecule has 2 aromatic carbocycles. The first-order valence-electron chi connectivity index (χ1n) is 9.45. The molecule has 4 rings (SSSR count). The van der Waals surface area contributed by atoms with E-state index in [0.717, 1.165) is 12.1 Å². The van der Waals surface area contributed by atoms with Gasteiger partial charge >= 0.3 is 5.69 Å². The number of benzene rings is 2. The van der Waals surface area contributed by atoms with E-state index in [1.54, 1.807) is 47.4 Å². The molecule has 1 fully saturated rings. The highest BCUT2D eigenvalue weighted by atomic mass is 16.2. The summed E-state index contributed by atoms with van der Waals surface area (Å²) in [6, 6.07) is 13.9. The van der Waals surface area contributed by atoms with Crippen LogP contribution in [0.25, 0.3) is 10.9 Å². The van der Waals surface area contributed by atoms with Crippen molar-refractivity contribution in [3.63, 3.8) is 0 Å². The van der Waals surface area contributed by atoms with Gasteiger partial charge in [-0.25, -0.2) is 4.79 Å². The zero-order chi connectivity index (χ0) is 20.4. The van der Waals surface area contributed by atoms with E-state index in [1.165, 1.54) is 4.57 Å². The van der Waals surface area contributed by atoms with E-state index in [0.29, 0.717) is 29.6 Å². The fourth-order valence-electron chi connectivity index (χ4n) is 3.57. The second-order valence-corrected chi connectivity index (χ2v) is 6.93. The van der Waals surface area contributed by atoms with Gasteiger partial charge < -0.3 is 10.2 Å². The van der Waals surface area contributed by atoms with E-state index in [4.69, 9.17) is 0 Å². The number of fused-ring (bicyclic) bond motifs is 1. The number of hydrogen-bond donors (Lipinski definition) is 2. The van der Waals surface area contributed by atoms with Crippen molar-refractivity contribution in [2.75, 3.05) is 16.8 Å². The summed E-state index contributed by atoms with van der Waals surface area (Å²) in [5.74, 6) is -0.185. The Morgan fingerprint density at radius 3 is 2.69 bits per heavy atom. The third-order valence-corrected chi connectivity index (χ3v) is 4.98. The second kappa shape index (κ2) is 7.75. The number of anilines is 2. The van der Waals surface area contributed by atoms with Crippen molar-refractivity contribution in [1.29, 1.82) is 0 Å². The monoisotopic (exact) mass is 392 g/mol. The SMILES string of the molecule is O=C(CCn1c(=O)[nH]c(=O)c2ccccc21)Nc1cccc(N2CCCC2=O)c1. The molecule has 8 nitrogen and oxygen atoms in total. The van der Waals surface area contributed by atoms with Crippen molar-refractivity contribution < 1.29 is 9.59 Å². The smallest absolute Gasteiger partial charge is 0.326 e. The second-order valence-electron chi connectivity index (χ2n) is 6.93. The van der Waals surface area contributed by atoms with E-state index in [-0.39, 0.29) is 24.8 Å². The minimum atomic E-state index is -0.545. The summed E-state index contributed by atoms with van der Waals surface area (Å²) in [6.45, 7) is 0.810. The molecule has 0 saturated carbocycles. The Kier molecular flexibility index (Phi) is 4.99. The largest absolute Gasteiger partial charge is 0.328 e. The Bertz CT molecular complexity index is 1210. The molecule has 0 spiro atoms. The first kappa shape index (κ1) is 18.7. The molecule has 0 unspecified atom stereocenters. The number of hydrogen-bond acceptors (Lipinski definition) is 4. The topological polar surface area (TPSA) is 104 Å². The van der Waals surface area contributed by atoms with E-state index in [1.807, 2.05) is 6.07 Å². The molecule has 0 atom stereocenters. The Balaban J connectivity index is 1.48. The van der Waals surface area contributed by atoms with E-state index in [2.05, 4.69) is 10.3 Å². The lowest BCUT2D eigenvalue weighted by Crippen LogP contribution is -2.31. The molecule has 3 aromatic rings. The molecule has 2 heterocycles. The normalized spacial score (nSPS) is 13.8. The number of rotatable bonds is 5. The van der Waals surface area contributed by atoms with Gasteiger partial charge in [0.1, 0.15) is 0 Å². The van der Waals surface area contributed by atoms with E-state index < -0.39 is 11.2 Å². The third kappa shape index (κ3) is 3.82. The van der Waals surface area contributed by atoms with Crippen molar-refractivity contribution in [1.82, 2.24) is 9.55 Å². The molecule has 2 N–H and O–H groups in total. The fourth-order valence-corrected chi connectivity index (χ4v) is 3.57. The number of nitrogens with one attached hydrogen (secondary N) is 2. The lowest BCUT2D eigenvalue weighted by Gasteiger charge is -2.17. The highest BCUT2D eigenvalue weighted by molar-refractivity contribution is 5.97. The number of amides is 2.